The fourth-order valence-electron chi connectivity index (χ4n) is 5.46. The molecule has 0 saturated heterocycles. The molecule has 13 heteroatoms. The molecular weight excluding hydrogens is 663 g/mol. The number of nitrogens with one attached hydrogen (secondary N) is 2. The predicted molar refractivity (Wildman–Crippen MR) is 183 cm³/mol. The average Bonchev–Trinajstić information content (AvgIpc) is 3.50. The SMILES string of the molecule is CCCc1cc(C(=O)N[C@H](Cc2ccccc2)[C@@H](O)C(=O)O)nn1Cc1ccc(-c2ccccc2S(=O)(=O)NC(=O)c2ccccc2F)cc1. The molecule has 2 atom stereocenters. The third-order valence-electron chi connectivity index (χ3n) is 7.97. The Hall–Kier alpha value is -5.66. The number of carboxylic acids is 1. The van der Waals surface area contributed by atoms with Crippen LogP contribution in [0.1, 0.15) is 51.0 Å². The van der Waals surface area contributed by atoms with E-state index in [1.54, 1.807) is 71.4 Å². The third kappa shape index (κ3) is 8.49. The van der Waals surface area contributed by atoms with E-state index in [0.717, 1.165) is 29.3 Å². The number of aliphatic carboxylic acids is 1. The van der Waals surface area contributed by atoms with E-state index in [9.17, 15) is 37.4 Å². The maximum Gasteiger partial charge on any atom is 0.334 e. The molecule has 4 N–H and O–H groups in total. The number of carbonyl (C=O) groups is 3. The van der Waals surface area contributed by atoms with Gasteiger partial charge < -0.3 is 15.5 Å². The molecule has 0 bridgehead atoms. The largest absolute Gasteiger partial charge is 0.479 e. The first-order valence-electron chi connectivity index (χ1n) is 15.8. The minimum atomic E-state index is -4.38. The van der Waals surface area contributed by atoms with Gasteiger partial charge in [0.05, 0.1) is 23.0 Å². The Bertz CT molecular complexity index is 2100. The molecule has 258 valence electrons. The molecular formula is C37H35FN4O7S. The fraction of sp³-hybridized carbons (Fsp3) is 0.189. The minimum Gasteiger partial charge on any atom is -0.479 e. The zero-order chi connectivity index (χ0) is 35.8. The molecule has 0 radical (unpaired) electrons. The number of rotatable bonds is 14. The average molecular weight is 699 g/mol. The van der Waals surface area contributed by atoms with Gasteiger partial charge in [-0.15, -0.1) is 0 Å². The summed E-state index contributed by atoms with van der Waals surface area (Å²) in [5.41, 5.74) is 2.84. The van der Waals surface area contributed by atoms with Gasteiger partial charge in [0.1, 0.15) is 11.5 Å². The van der Waals surface area contributed by atoms with E-state index in [1.165, 1.54) is 30.3 Å². The van der Waals surface area contributed by atoms with Gasteiger partial charge >= 0.3 is 5.97 Å². The quantitative estimate of drug-likeness (QED) is 0.131. The van der Waals surface area contributed by atoms with Crippen molar-refractivity contribution >= 4 is 27.8 Å². The summed E-state index contributed by atoms with van der Waals surface area (Å²) in [5.74, 6) is -4.02. The van der Waals surface area contributed by atoms with E-state index in [-0.39, 0.29) is 23.6 Å². The van der Waals surface area contributed by atoms with E-state index < -0.39 is 51.3 Å². The first-order chi connectivity index (χ1) is 24.0. The summed E-state index contributed by atoms with van der Waals surface area (Å²) in [4.78, 5) is 37.4. The lowest BCUT2D eigenvalue weighted by Crippen LogP contribution is -2.48. The van der Waals surface area contributed by atoms with Crippen molar-refractivity contribution in [2.75, 3.05) is 0 Å². The molecule has 0 aliphatic heterocycles. The third-order valence-corrected chi connectivity index (χ3v) is 9.36. The molecule has 0 aliphatic rings. The lowest BCUT2D eigenvalue weighted by Gasteiger charge is -2.21. The number of aryl methyl sites for hydroxylation is 1. The van der Waals surface area contributed by atoms with Gasteiger partial charge in [0, 0.05) is 11.3 Å². The van der Waals surface area contributed by atoms with Crippen molar-refractivity contribution in [3.63, 3.8) is 0 Å². The smallest absolute Gasteiger partial charge is 0.334 e. The summed E-state index contributed by atoms with van der Waals surface area (Å²) in [5, 5.41) is 26.9. The first-order valence-corrected chi connectivity index (χ1v) is 17.3. The van der Waals surface area contributed by atoms with E-state index in [1.807, 2.05) is 17.7 Å². The maximum atomic E-state index is 14.1. The molecule has 11 nitrogen and oxygen atoms in total. The monoisotopic (exact) mass is 698 g/mol. The number of carbonyl (C=O) groups excluding carboxylic acids is 2. The van der Waals surface area contributed by atoms with E-state index in [2.05, 4.69) is 10.4 Å². The lowest BCUT2D eigenvalue weighted by molar-refractivity contribution is -0.148. The summed E-state index contributed by atoms with van der Waals surface area (Å²) in [6, 6.07) is 27.7. The number of sulfonamides is 1. The van der Waals surface area contributed by atoms with Crippen molar-refractivity contribution in [1.29, 1.82) is 0 Å². The number of amides is 2. The summed E-state index contributed by atoms with van der Waals surface area (Å²) in [7, 11) is -4.38. The van der Waals surface area contributed by atoms with Crippen molar-refractivity contribution < 1.29 is 37.4 Å². The Morgan fingerprint density at radius 1 is 0.860 bits per heavy atom. The van der Waals surface area contributed by atoms with E-state index in [4.69, 9.17) is 0 Å². The van der Waals surface area contributed by atoms with Gasteiger partial charge in [0.25, 0.3) is 21.8 Å². The van der Waals surface area contributed by atoms with Gasteiger partial charge in [-0.1, -0.05) is 98.3 Å². The highest BCUT2D eigenvalue weighted by Gasteiger charge is 2.29. The van der Waals surface area contributed by atoms with Crippen molar-refractivity contribution in [1.82, 2.24) is 19.8 Å². The number of halogens is 1. The standard InChI is InChI=1S/C37H35FN4O7S/c1-2-10-27-22-32(36(45)39-31(34(43)37(46)47)21-24-11-4-3-5-12-24)40-42(27)23-25-17-19-26(20-18-25)28-13-7-9-16-33(28)50(48,49)41-35(44)29-14-6-8-15-30(29)38/h3-9,11-20,22,31,34,43H,2,10,21,23H2,1H3,(H,39,45)(H,41,44)(H,46,47)/t31-,34-/m1/s1. The number of aliphatic hydroxyl groups excluding tert-OH is 1. The highest BCUT2D eigenvalue weighted by molar-refractivity contribution is 7.90. The van der Waals surface area contributed by atoms with Crippen LogP contribution in [0.15, 0.2) is 114 Å². The van der Waals surface area contributed by atoms with Crippen LogP contribution in [0.3, 0.4) is 0 Å². The Morgan fingerprint density at radius 2 is 1.52 bits per heavy atom. The molecule has 0 fully saturated rings. The van der Waals surface area contributed by atoms with Crippen LogP contribution in [-0.2, 0) is 34.2 Å². The zero-order valence-electron chi connectivity index (χ0n) is 27.0. The summed E-state index contributed by atoms with van der Waals surface area (Å²) >= 11 is 0. The zero-order valence-corrected chi connectivity index (χ0v) is 27.8. The van der Waals surface area contributed by atoms with E-state index >= 15 is 0 Å². The number of hydrogen-bond acceptors (Lipinski definition) is 7. The van der Waals surface area contributed by atoms with Gasteiger partial charge in [0.2, 0.25) is 0 Å². The Kier molecular flexibility index (Phi) is 11.2. The second kappa shape index (κ2) is 15.7. The number of aromatic nitrogens is 2. The summed E-state index contributed by atoms with van der Waals surface area (Å²) in [6.45, 7) is 2.25. The number of carboxylic acid groups (broad SMARTS) is 1. The number of hydrogen-bond donors (Lipinski definition) is 4. The van der Waals surface area contributed by atoms with Crippen LogP contribution >= 0.6 is 0 Å². The molecule has 1 heterocycles. The summed E-state index contributed by atoms with van der Waals surface area (Å²) in [6.07, 6.45) is -0.373. The topological polar surface area (TPSA) is 168 Å². The first kappa shape index (κ1) is 35.6. The van der Waals surface area contributed by atoms with Crippen LogP contribution in [0.5, 0.6) is 0 Å². The van der Waals surface area contributed by atoms with Gasteiger partial charge in [0.15, 0.2) is 6.10 Å². The maximum absolute atomic E-state index is 14.1. The summed E-state index contributed by atoms with van der Waals surface area (Å²) < 4.78 is 44.3. The predicted octanol–water partition coefficient (Wildman–Crippen LogP) is 4.60. The molecule has 5 aromatic rings. The van der Waals surface area contributed by atoms with Crippen LogP contribution in [0.4, 0.5) is 4.39 Å². The van der Waals surface area contributed by atoms with Gasteiger partial charge in [-0.3, -0.25) is 14.3 Å². The Labute approximate surface area is 288 Å². The minimum absolute atomic E-state index is 0.0669. The van der Waals surface area contributed by atoms with Crippen LogP contribution in [0.25, 0.3) is 11.1 Å². The molecule has 5 rings (SSSR count). The van der Waals surface area contributed by atoms with Crippen molar-refractivity contribution in [2.45, 2.75) is 49.8 Å². The second-order valence-electron chi connectivity index (χ2n) is 11.6. The number of benzene rings is 4. The van der Waals surface area contributed by atoms with Crippen molar-refractivity contribution in [3.8, 4) is 11.1 Å². The molecule has 1 aromatic heterocycles. The van der Waals surface area contributed by atoms with Crippen LogP contribution in [0, 0.1) is 5.82 Å². The van der Waals surface area contributed by atoms with Crippen LogP contribution < -0.4 is 10.0 Å². The van der Waals surface area contributed by atoms with Gasteiger partial charge in [-0.05, 0) is 53.8 Å². The van der Waals surface area contributed by atoms with Crippen molar-refractivity contribution in [3.05, 3.63) is 143 Å². The molecule has 0 aliphatic carbocycles. The van der Waals surface area contributed by atoms with E-state index in [0.29, 0.717) is 17.5 Å². The highest BCUT2D eigenvalue weighted by Crippen LogP contribution is 2.28. The molecule has 0 saturated carbocycles. The van der Waals surface area contributed by atoms with Gasteiger partial charge in [-0.25, -0.2) is 22.3 Å². The number of aliphatic hydroxyl groups is 1. The van der Waals surface area contributed by atoms with Crippen LogP contribution in [0.2, 0.25) is 0 Å². The normalized spacial score (nSPS) is 12.5. The molecule has 50 heavy (non-hydrogen) atoms. The van der Waals surface area contributed by atoms with Gasteiger partial charge in [-0.2, -0.15) is 5.10 Å². The molecule has 2 amide bonds. The Morgan fingerprint density at radius 3 is 2.20 bits per heavy atom. The molecule has 0 unspecified atom stereocenters. The molecule has 0 spiro atoms. The lowest BCUT2D eigenvalue weighted by atomic mass is 10.0. The van der Waals surface area contributed by atoms with Crippen LogP contribution in [-0.4, -0.2) is 58.3 Å². The Balaban J connectivity index is 1.34. The highest BCUT2D eigenvalue weighted by atomic mass is 32.2. The van der Waals surface area contributed by atoms with Crippen molar-refractivity contribution in [2.24, 2.45) is 0 Å². The second-order valence-corrected chi connectivity index (χ2v) is 13.2. The molecule has 4 aromatic carbocycles. The fourth-order valence-corrected chi connectivity index (χ4v) is 6.66. The number of nitrogens with zero attached hydrogens (tertiary/aromatic N) is 2.